The van der Waals surface area contributed by atoms with E-state index in [1.54, 1.807) is 6.07 Å². The third kappa shape index (κ3) is 2.84. The van der Waals surface area contributed by atoms with Crippen molar-refractivity contribution < 1.29 is 4.79 Å². The zero-order chi connectivity index (χ0) is 14.9. The molecule has 1 aromatic rings. The van der Waals surface area contributed by atoms with Gasteiger partial charge in [-0.05, 0) is 36.3 Å². The van der Waals surface area contributed by atoms with Crippen LogP contribution in [0.1, 0.15) is 33.6 Å². The van der Waals surface area contributed by atoms with Crippen molar-refractivity contribution in [1.82, 2.24) is 0 Å². The summed E-state index contributed by atoms with van der Waals surface area (Å²) in [5.41, 5.74) is 6.71. The normalized spacial score (nSPS) is 28.9. The van der Waals surface area contributed by atoms with Crippen LogP contribution in [-0.4, -0.2) is 11.9 Å². The SMILES string of the molecule is CC1C(N)CCC(C(=O)Nc2ccccc2Cl)C1(C)C. The van der Waals surface area contributed by atoms with Gasteiger partial charge in [0.25, 0.3) is 0 Å². The molecule has 1 amide bonds. The molecular weight excluding hydrogens is 272 g/mol. The van der Waals surface area contributed by atoms with Gasteiger partial charge in [0, 0.05) is 12.0 Å². The highest BCUT2D eigenvalue weighted by molar-refractivity contribution is 6.33. The van der Waals surface area contributed by atoms with Gasteiger partial charge in [-0.2, -0.15) is 0 Å². The molecule has 1 aliphatic carbocycles. The maximum absolute atomic E-state index is 12.6. The van der Waals surface area contributed by atoms with Gasteiger partial charge in [-0.25, -0.2) is 0 Å². The highest BCUT2D eigenvalue weighted by Gasteiger charge is 2.45. The summed E-state index contributed by atoms with van der Waals surface area (Å²) in [4.78, 5) is 12.6. The van der Waals surface area contributed by atoms with E-state index < -0.39 is 0 Å². The van der Waals surface area contributed by atoms with E-state index in [4.69, 9.17) is 17.3 Å². The predicted octanol–water partition coefficient (Wildman–Crippen LogP) is 3.68. The van der Waals surface area contributed by atoms with Crippen LogP contribution in [0.15, 0.2) is 24.3 Å². The highest BCUT2D eigenvalue weighted by Crippen LogP contribution is 2.44. The van der Waals surface area contributed by atoms with E-state index in [9.17, 15) is 4.79 Å². The first-order chi connectivity index (χ1) is 9.34. The maximum atomic E-state index is 12.6. The van der Waals surface area contributed by atoms with E-state index in [1.807, 2.05) is 18.2 Å². The molecule has 110 valence electrons. The Morgan fingerprint density at radius 3 is 2.65 bits per heavy atom. The summed E-state index contributed by atoms with van der Waals surface area (Å²) >= 11 is 6.10. The van der Waals surface area contributed by atoms with Gasteiger partial charge in [-0.1, -0.05) is 44.5 Å². The minimum Gasteiger partial charge on any atom is -0.327 e. The quantitative estimate of drug-likeness (QED) is 0.874. The Kier molecular flexibility index (Phi) is 4.40. The van der Waals surface area contributed by atoms with Crippen molar-refractivity contribution in [3.8, 4) is 0 Å². The Morgan fingerprint density at radius 1 is 1.35 bits per heavy atom. The molecule has 3 atom stereocenters. The summed E-state index contributed by atoms with van der Waals surface area (Å²) in [6.07, 6.45) is 1.72. The number of hydrogen-bond donors (Lipinski definition) is 2. The molecule has 0 spiro atoms. The number of nitrogens with two attached hydrogens (primary N) is 1. The number of nitrogens with one attached hydrogen (secondary N) is 1. The van der Waals surface area contributed by atoms with Gasteiger partial charge in [0.1, 0.15) is 0 Å². The van der Waals surface area contributed by atoms with Gasteiger partial charge in [-0.15, -0.1) is 0 Å². The number of anilines is 1. The van der Waals surface area contributed by atoms with Crippen molar-refractivity contribution in [3.63, 3.8) is 0 Å². The van der Waals surface area contributed by atoms with E-state index >= 15 is 0 Å². The molecule has 20 heavy (non-hydrogen) atoms. The lowest BCUT2D eigenvalue weighted by Gasteiger charge is -2.46. The molecule has 4 heteroatoms. The second-order valence-corrected chi connectivity index (χ2v) is 6.78. The van der Waals surface area contributed by atoms with Crippen LogP contribution in [0.5, 0.6) is 0 Å². The smallest absolute Gasteiger partial charge is 0.228 e. The first-order valence-corrected chi connectivity index (χ1v) is 7.52. The number of carbonyl (C=O) groups is 1. The zero-order valence-electron chi connectivity index (χ0n) is 12.3. The first-order valence-electron chi connectivity index (χ1n) is 7.15. The van der Waals surface area contributed by atoms with Crippen LogP contribution in [0, 0.1) is 17.3 Å². The lowest BCUT2D eigenvalue weighted by molar-refractivity contribution is -0.127. The second kappa shape index (κ2) is 5.74. The van der Waals surface area contributed by atoms with Gasteiger partial charge in [0.05, 0.1) is 10.7 Å². The number of hydrogen-bond acceptors (Lipinski definition) is 2. The minimum absolute atomic E-state index is 0.0337. The monoisotopic (exact) mass is 294 g/mol. The summed E-state index contributed by atoms with van der Waals surface area (Å²) in [5, 5.41) is 3.53. The fourth-order valence-corrected chi connectivity index (χ4v) is 3.28. The Morgan fingerprint density at radius 2 is 2.00 bits per heavy atom. The van der Waals surface area contributed by atoms with Crippen LogP contribution in [0.2, 0.25) is 5.02 Å². The van der Waals surface area contributed by atoms with Crippen LogP contribution >= 0.6 is 11.6 Å². The van der Waals surface area contributed by atoms with Crippen LogP contribution in [0.4, 0.5) is 5.69 Å². The molecule has 0 radical (unpaired) electrons. The van der Waals surface area contributed by atoms with Crippen molar-refractivity contribution in [1.29, 1.82) is 0 Å². The maximum Gasteiger partial charge on any atom is 0.228 e. The highest BCUT2D eigenvalue weighted by atomic mass is 35.5. The van der Waals surface area contributed by atoms with Gasteiger partial charge >= 0.3 is 0 Å². The molecule has 0 saturated heterocycles. The van der Waals surface area contributed by atoms with Crippen molar-refractivity contribution in [2.45, 2.75) is 39.7 Å². The third-order valence-corrected chi connectivity index (χ3v) is 5.28. The fourth-order valence-electron chi connectivity index (χ4n) is 3.10. The Bertz CT molecular complexity index is 501. The number of benzene rings is 1. The molecule has 0 bridgehead atoms. The third-order valence-electron chi connectivity index (χ3n) is 4.95. The fraction of sp³-hybridized carbons (Fsp3) is 0.562. The van der Waals surface area contributed by atoms with E-state index in [0.717, 1.165) is 12.8 Å². The molecule has 1 aliphatic rings. The van der Waals surface area contributed by atoms with Gasteiger partial charge in [0.15, 0.2) is 0 Å². The van der Waals surface area contributed by atoms with Crippen LogP contribution < -0.4 is 11.1 Å². The lowest BCUT2D eigenvalue weighted by Crippen LogP contribution is -2.50. The van der Waals surface area contributed by atoms with Crippen molar-refractivity contribution in [2.24, 2.45) is 23.0 Å². The number of rotatable bonds is 2. The van der Waals surface area contributed by atoms with Crippen molar-refractivity contribution in [3.05, 3.63) is 29.3 Å². The number of carbonyl (C=O) groups excluding carboxylic acids is 1. The summed E-state index contributed by atoms with van der Waals surface area (Å²) < 4.78 is 0. The molecule has 0 aromatic heterocycles. The lowest BCUT2D eigenvalue weighted by atomic mass is 9.61. The topological polar surface area (TPSA) is 55.1 Å². The van der Waals surface area contributed by atoms with Gasteiger partial charge in [-0.3, -0.25) is 4.79 Å². The molecule has 2 rings (SSSR count). The average Bonchev–Trinajstić information content (AvgIpc) is 2.38. The molecule has 3 nitrogen and oxygen atoms in total. The van der Waals surface area contributed by atoms with E-state index in [2.05, 4.69) is 26.1 Å². The van der Waals surface area contributed by atoms with Gasteiger partial charge in [0.2, 0.25) is 5.91 Å². The molecule has 0 heterocycles. The second-order valence-electron chi connectivity index (χ2n) is 6.37. The average molecular weight is 295 g/mol. The zero-order valence-corrected chi connectivity index (χ0v) is 13.1. The summed E-state index contributed by atoms with van der Waals surface area (Å²) in [6, 6.07) is 7.50. The molecule has 1 aromatic carbocycles. The molecule has 1 fully saturated rings. The molecule has 1 saturated carbocycles. The van der Waals surface area contributed by atoms with Crippen LogP contribution in [0.3, 0.4) is 0 Å². The van der Waals surface area contributed by atoms with Crippen molar-refractivity contribution in [2.75, 3.05) is 5.32 Å². The molecular formula is C16H23ClN2O. The van der Waals surface area contributed by atoms with E-state index in [1.165, 1.54) is 0 Å². The van der Waals surface area contributed by atoms with Crippen molar-refractivity contribution >= 4 is 23.2 Å². The Hall–Kier alpha value is -1.06. The predicted molar refractivity (Wildman–Crippen MR) is 83.7 cm³/mol. The summed E-state index contributed by atoms with van der Waals surface area (Å²) in [6.45, 7) is 6.40. The minimum atomic E-state index is -0.108. The Labute approximate surface area is 125 Å². The number of amides is 1. The summed E-state index contributed by atoms with van der Waals surface area (Å²) in [5.74, 6) is 0.327. The number of para-hydroxylation sites is 1. The largest absolute Gasteiger partial charge is 0.327 e. The standard InChI is InChI=1S/C16H23ClN2O/c1-10-13(18)9-8-11(16(10,2)3)15(20)19-14-7-5-4-6-12(14)17/h4-7,10-11,13H,8-9,18H2,1-3H3,(H,19,20). The molecule has 3 unspecified atom stereocenters. The molecule has 3 N–H and O–H groups in total. The number of halogens is 1. The summed E-state index contributed by atoms with van der Waals surface area (Å²) in [7, 11) is 0. The van der Waals surface area contributed by atoms with E-state index in [0.29, 0.717) is 16.6 Å². The Balaban J connectivity index is 2.15. The van der Waals surface area contributed by atoms with E-state index in [-0.39, 0.29) is 23.3 Å². The van der Waals surface area contributed by atoms with Crippen LogP contribution in [-0.2, 0) is 4.79 Å². The van der Waals surface area contributed by atoms with Crippen LogP contribution in [0.25, 0.3) is 0 Å². The molecule has 0 aliphatic heterocycles. The first kappa shape index (κ1) is 15.3. The van der Waals surface area contributed by atoms with Gasteiger partial charge < -0.3 is 11.1 Å².